The number of amides is 1. The molecule has 4 nitrogen and oxygen atoms in total. The molecule has 0 radical (unpaired) electrons. The lowest BCUT2D eigenvalue weighted by atomic mass is 10.1. The van der Waals surface area contributed by atoms with Gasteiger partial charge in [-0.05, 0) is 48.5 Å². The number of ether oxygens (including phenoxy) is 1. The highest BCUT2D eigenvalue weighted by atomic mass is 19.1. The Balaban J connectivity index is 1.84. The Hall–Kier alpha value is -3.73. The Morgan fingerprint density at radius 3 is 2.32 bits per heavy atom. The minimum Gasteiger partial charge on any atom is -0.496 e. The van der Waals surface area contributed by atoms with Crippen LogP contribution in [0.4, 0.5) is 10.1 Å². The highest BCUT2D eigenvalue weighted by Gasteiger charge is 2.32. The highest BCUT2D eigenvalue weighted by Crippen LogP contribution is 2.29. The summed E-state index contributed by atoms with van der Waals surface area (Å²) in [5.41, 5.74) is 2.39. The maximum Gasteiger partial charge on any atom is 0.282 e. The van der Waals surface area contributed by atoms with E-state index in [-0.39, 0.29) is 17.4 Å². The van der Waals surface area contributed by atoms with Crippen LogP contribution in [-0.2, 0) is 4.79 Å². The number of halogens is 1. The molecule has 0 N–H and O–H groups in total. The van der Waals surface area contributed by atoms with Gasteiger partial charge in [0.2, 0.25) is 0 Å². The smallest absolute Gasteiger partial charge is 0.282 e. The van der Waals surface area contributed by atoms with Crippen molar-refractivity contribution in [2.45, 2.75) is 0 Å². The summed E-state index contributed by atoms with van der Waals surface area (Å²) in [6, 6.07) is 22.6. The van der Waals surface area contributed by atoms with Crippen molar-refractivity contribution in [2.24, 2.45) is 4.99 Å². The second-order valence-corrected chi connectivity index (χ2v) is 6.19. The van der Waals surface area contributed by atoms with Crippen LogP contribution in [0.5, 0.6) is 5.75 Å². The molecular weight excluding hydrogens is 355 g/mol. The normalized spacial score (nSPS) is 15.1. The number of amidine groups is 1. The molecule has 138 valence electrons. The van der Waals surface area contributed by atoms with Crippen LogP contribution in [0.25, 0.3) is 6.08 Å². The summed E-state index contributed by atoms with van der Waals surface area (Å²) in [7, 11) is 1.58. The third kappa shape index (κ3) is 3.30. The first-order valence-electron chi connectivity index (χ1n) is 8.76. The van der Waals surface area contributed by atoms with Gasteiger partial charge in [0.05, 0.1) is 12.8 Å². The van der Waals surface area contributed by atoms with E-state index >= 15 is 0 Å². The van der Waals surface area contributed by atoms with Crippen molar-refractivity contribution < 1.29 is 13.9 Å². The lowest BCUT2D eigenvalue weighted by molar-refractivity contribution is -0.113. The van der Waals surface area contributed by atoms with E-state index in [0.717, 1.165) is 5.56 Å². The molecule has 28 heavy (non-hydrogen) atoms. The van der Waals surface area contributed by atoms with E-state index in [4.69, 9.17) is 4.74 Å². The van der Waals surface area contributed by atoms with Crippen LogP contribution < -0.4 is 9.64 Å². The van der Waals surface area contributed by atoms with E-state index in [1.54, 1.807) is 25.3 Å². The van der Waals surface area contributed by atoms with E-state index in [1.165, 1.54) is 17.0 Å². The molecule has 0 atom stereocenters. The third-order valence-corrected chi connectivity index (χ3v) is 4.41. The summed E-state index contributed by atoms with van der Waals surface area (Å²) in [4.78, 5) is 19.3. The van der Waals surface area contributed by atoms with E-state index in [0.29, 0.717) is 22.8 Å². The number of methoxy groups -OCH3 is 1. The zero-order chi connectivity index (χ0) is 19.5. The molecular formula is C23H17FN2O2. The Bertz CT molecular complexity index is 1070. The number of hydrogen-bond acceptors (Lipinski definition) is 3. The van der Waals surface area contributed by atoms with Gasteiger partial charge in [-0.1, -0.05) is 36.4 Å². The van der Waals surface area contributed by atoms with Gasteiger partial charge in [-0.3, -0.25) is 9.69 Å². The number of hydrogen-bond donors (Lipinski definition) is 0. The Kier molecular flexibility index (Phi) is 4.72. The number of anilines is 1. The largest absolute Gasteiger partial charge is 0.496 e. The molecule has 1 amide bonds. The van der Waals surface area contributed by atoms with Gasteiger partial charge < -0.3 is 4.74 Å². The average molecular weight is 372 g/mol. The SMILES string of the molecule is COc1ccccc1/C=C1/N=C(c2ccc(F)cc2)N(c2ccccc2)C1=O. The zero-order valence-electron chi connectivity index (χ0n) is 15.2. The standard InChI is InChI=1S/C23H17FN2O2/c1-28-21-10-6-5-7-17(21)15-20-23(27)26(19-8-3-2-4-9-19)22(25-20)16-11-13-18(24)14-12-16/h2-15H,1H3/b20-15+. The van der Waals surface area contributed by atoms with Gasteiger partial charge in [-0.15, -0.1) is 0 Å². The summed E-state index contributed by atoms with van der Waals surface area (Å²) < 4.78 is 18.7. The number of nitrogens with zero attached hydrogens (tertiary/aromatic N) is 2. The molecule has 0 aromatic heterocycles. The molecule has 0 aliphatic carbocycles. The van der Waals surface area contributed by atoms with Crippen molar-refractivity contribution >= 4 is 23.5 Å². The molecule has 0 fully saturated rings. The van der Waals surface area contributed by atoms with Crippen molar-refractivity contribution in [1.29, 1.82) is 0 Å². The van der Waals surface area contributed by atoms with Crippen molar-refractivity contribution in [3.05, 3.63) is 102 Å². The molecule has 4 rings (SSSR count). The van der Waals surface area contributed by atoms with Crippen molar-refractivity contribution in [2.75, 3.05) is 12.0 Å². The molecule has 1 heterocycles. The molecule has 0 unspecified atom stereocenters. The topological polar surface area (TPSA) is 41.9 Å². The monoisotopic (exact) mass is 372 g/mol. The fourth-order valence-electron chi connectivity index (χ4n) is 3.06. The van der Waals surface area contributed by atoms with Gasteiger partial charge >= 0.3 is 0 Å². The molecule has 0 bridgehead atoms. The fourth-order valence-corrected chi connectivity index (χ4v) is 3.06. The first kappa shape index (κ1) is 17.7. The van der Waals surface area contributed by atoms with E-state index in [9.17, 15) is 9.18 Å². The van der Waals surface area contributed by atoms with Crippen LogP contribution in [0.3, 0.4) is 0 Å². The number of aliphatic imine (C=N–C) groups is 1. The Labute approximate surface area is 162 Å². The van der Waals surface area contributed by atoms with Crippen molar-refractivity contribution in [3.63, 3.8) is 0 Å². The molecule has 0 saturated carbocycles. The Morgan fingerprint density at radius 2 is 1.61 bits per heavy atom. The molecule has 1 aliphatic heterocycles. The van der Waals surface area contributed by atoms with Gasteiger partial charge in [-0.25, -0.2) is 9.38 Å². The summed E-state index contributed by atoms with van der Waals surface area (Å²) in [5, 5.41) is 0. The maximum atomic E-state index is 13.4. The van der Waals surface area contributed by atoms with Crippen LogP contribution >= 0.6 is 0 Å². The molecule has 1 aliphatic rings. The maximum absolute atomic E-state index is 13.4. The predicted octanol–water partition coefficient (Wildman–Crippen LogP) is 4.67. The van der Waals surface area contributed by atoms with Gasteiger partial charge in [0.15, 0.2) is 0 Å². The van der Waals surface area contributed by atoms with Gasteiger partial charge in [0, 0.05) is 11.1 Å². The molecule has 3 aromatic rings. The van der Waals surface area contributed by atoms with E-state index < -0.39 is 0 Å². The first-order chi connectivity index (χ1) is 13.7. The van der Waals surface area contributed by atoms with Crippen LogP contribution in [0.2, 0.25) is 0 Å². The second kappa shape index (κ2) is 7.48. The number of benzene rings is 3. The van der Waals surface area contributed by atoms with Crippen molar-refractivity contribution in [1.82, 2.24) is 0 Å². The zero-order valence-corrected chi connectivity index (χ0v) is 15.2. The lowest BCUT2D eigenvalue weighted by Gasteiger charge is -2.18. The minimum absolute atomic E-state index is 0.253. The lowest BCUT2D eigenvalue weighted by Crippen LogP contribution is -2.32. The first-order valence-corrected chi connectivity index (χ1v) is 8.76. The summed E-state index contributed by atoms with van der Waals surface area (Å²) in [6.07, 6.45) is 1.70. The molecule has 0 saturated heterocycles. The van der Waals surface area contributed by atoms with Gasteiger partial charge in [0.1, 0.15) is 23.1 Å². The van der Waals surface area contributed by atoms with Crippen LogP contribution in [0, 0.1) is 5.82 Å². The number of rotatable bonds is 4. The summed E-state index contributed by atoms with van der Waals surface area (Å²) in [5.74, 6) is 0.512. The van der Waals surface area contributed by atoms with E-state index in [2.05, 4.69) is 4.99 Å². The second-order valence-electron chi connectivity index (χ2n) is 6.19. The summed E-state index contributed by atoms with van der Waals surface area (Å²) in [6.45, 7) is 0. The molecule has 3 aromatic carbocycles. The van der Waals surface area contributed by atoms with Crippen LogP contribution in [0.1, 0.15) is 11.1 Å². The molecule has 0 spiro atoms. The van der Waals surface area contributed by atoms with Gasteiger partial charge in [-0.2, -0.15) is 0 Å². The van der Waals surface area contributed by atoms with E-state index in [1.807, 2.05) is 54.6 Å². The average Bonchev–Trinajstić information content (AvgIpc) is 3.05. The number of carbonyl (C=O) groups is 1. The highest BCUT2D eigenvalue weighted by molar-refractivity contribution is 6.33. The van der Waals surface area contributed by atoms with Crippen molar-refractivity contribution in [3.8, 4) is 5.75 Å². The summed E-state index contributed by atoms with van der Waals surface area (Å²) >= 11 is 0. The van der Waals surface area contributed by atoms with Crippen LogP contribution in [-0.4, -0.2) is 18.9 Å². The predicted molar refractivity (Wildman–Crippen MR) is 108 cm³/mol. The third-order valence-electron chi connectivity index (χ3n) is 4.41. The minimum atomic E-state index is -0.343. The van der Waals surface area contributed by atoms with Crippen LogP contribution in [0.15, 0.2) is 89.6 Å². The Morgan fingerprint density at radius 1 is 0.929 bits per heavy atom. The van der Waals surface area contributed by atoms with Gasteiger partial charge in [0.25, 0.3) is 5.91 Å². The fraction of sp³-hybridized carbons (Fsp3) is 0.0435. The number of para-hydroxylation sites is 2. The quantitative estimate of drug-likeness (QED) is 0.625. The number of carbonyl (C=O) groups excluding carboxylic acids is 1. The molecule has 5 heteroatoms.